The summed E-state index contributed by atoms with van der Waals surface area (Å²) in [6.07, 6.45) is 0.776. The summed E-state index contributed by atoms with van der Waals surface area (Å²) in [5.41, 5.74) is 4.06. The van der Waals surface area contributed by atoms with Crippen molar-refractivity contribution in [2.24, 2.45) is 0 Å². The van der Waals surface area contributed by atoms with Crippen molar-refractivity contribution >= 4 is 23.2 Å². The van der Waals surface area contributed by atoms with E-state index in [-0.39, 0.29) is 42.0 Å². The number of rotatable bonds is 5. The fourth-order valence-corrected chi connectivity index (χ4v) is 6.30. The molecule has 3 aliphatic rings. The molecule has 0 saturated carbocycles. The van der Waals surface area contributed by atoms with Crippen LogP contribution in [0.1, 0.15) is 52.3 Å². The quantitative estimate of drug-likeness (QED) is 0.541. The van der Waals surface area contributed by atoms with E-state index in [1.54, 1.807) is 9.42 Å². The highest BCUT2D eigenvalue weighted by atomic mass is 35.5. The summed E-state index contributed by atoms with van der Waals surface area (Å²) in [5, 5.41) is 15.6. The second-order valence-electron chi connectivity index (χ2n) is 10.2. The highest BCUT2D eigenvalue weighted by Crippen LogP contribution is 2.38. The molecule has 0 aliphatic carbocycles. The highest BCUT2D eigenvalue weighted by molar-refractivity contribution is 6.31. The minimum absolute atomic E-state index is 0.0000594. The van der Waals surface area contributed by atoms with Crippen LogP contribution in [-0.2, 0) is 13.1 Å². The van der Waals surface area contributed by atoms with Gasteiger partial charge >= 0.3 is 0 Å². The molecule has 1 N–H and O–H groups in total. The first-order valence-electron chi connectivity index (χ1n) is 12.5. The van der Waals surface area contributed by atoms with Crippen molar-refractivity contribution in [3.05, 3.63) is 57.2 Å². The third-order valence-electron chi connectivity index (χ3n) is 7.95. The Balaban J connectivity index is 1.23. The van der Waals surface area contributed by atoms with E-state index < -0.39 is 18.6 Å². The lowest BCUT2D eigenvalue weighted by Gasteiger charge is -2.38. The van der Waals surface area contributed by atoms with Crippen molar-refractivity contribution in [2.75, 3.05) is 13.2 Å². The van der Waals surface area contributed by atoms with Crippen LogP contribution in [0.4, 0.5) is 8.78 Å². The lowest BCUT2D eigenvalue weighted by molar-refractivity contribution is 0.0219. The first-order valence-corrected chi connectivity index (χ1v) is 12.9. The zero-order valence-corrected chi connectivity index (χ0v) is 21.4. The maximum Gasteiger partial charge on any atom is 0.258 e. The predicted octanol–water partition coefficient (Wildman–Crippen LogP) is 3.61. The van der Waals surface area contributed by atoms with Crippen LogP contribution in [0.15, 0.2) is 18.2 Å². The number of fused-ring (bicyclic) bond motifs is 5. The van der Waals surface area contributed by atoms with Gasteiger partial charge in [-0.2, -0.15) is 5.10 Å². The Kier molecular flexibility index (Phi) is 6.08. The Morgan fingerprint density at radius 2 is 2.05 bits per heavy atom. The molecule has 2 saturated heterocycles. The summed E-state index contributed by atoms with van der Waals surface area (Å²) in [6, 6.07) is 3.73. The third kappa shape index (κ3) is 4.06. The van der Waals surface area contributed by atoms with Gasteiger partial charge in [-0.15, -0.1) is 0 Å². The molecule has 2 aromatic heterocycles. The van der Waals surface area contributed by atoms with Crippen molar-refractivity contribution < 1.29 is 23.4 Å². The van der Waals surface area contributed by atoms with Gasteiger partial charge in [0.15, 0.2) is 5.65 Å². The van der Waals surface area contributed by atoms with Gasteiger partial charge < -0.3 is 14.7 Å². The van der Waals surface area contributed by atoms with Crippen LogP contribution in [0.3, 0.4) is 0 Å². The van der Waals surface area contributed by atoms with Crippen molar-refractivity contribution in [3.8, 4) is 5.75 Å². The second kappa shape index (κ2) is 9.18. The average molecular weight is 532 g/mol. The molecule has 3 aliphatic heterocycles. The lowest BCUT2D eigenvalue weighted by Crippen LogP contribution is -2.49. The van der Waals surface area contributed by atoms with Crippen LogP contribution < -0.4 is 4.74 Å². The number of aromatic nitrogens is 3. The van der Waals surface area contributed by atoms with Gasteiger partial charge in [-0.3, -0.25) is 9.69 Å². The second-order valence-corrected chi connectivity index (χ2v) is 10.6. The van der Waals surface area contributed by atoms with Crippen molar-refractivity contribution in [3.63, 3.8) is 0 Å². The fourth-order valence-electron chi connectivity index (χ4n) is 6.18. The Morgan fingerprint density at radius 3 is 2.81 bits per heavy atom. The molecule has 1 amide bonds. The maximum atomic E-state index is 14.3. The molecule has 37 heavy (non-hydrogen) atoms. The summed E-state index contributed by atoms with van der Waals surface area (Å²) in [7, 11) is 0. The number of hydrogen-bond acceptors (Lipinski definition) is 6. The first-order chi connectivity index (χ1) is 17.7. The van der Waals surface area contributed by atoms with Gasteiger partial charge in [0.05, 0.1) is 46.9 Å². The molecule has 196 valence electrons. The van der Waals surface area contributed by atoms with E-state index in [9.17, 15) is 18.7 Å². The molecular formula is C26H28ClF2N5O3. The fraction of sp³-hybridized carbons (Fsp3) is 0.500. The van der Waals surface area contributed by atoms with E-state index in [1.807, 2.05) is 18.7 Å². The van der Waals surface area contributed by atoms with Gasteiger partial charge in [-0.25, -0.2) is 18.3 Å². The van der Waals surface area contributed by atoms with E-state index in [0.717, 1.165) is 17.0 Å². The average Bonchev–Trinajstić information content (AvgIpc) is 3.47. The number of piperidine rings is 1. The van der Waals surface area contributed by atoms with Gasteiger partial charge in [0.1, 0.15) is 24.3 Å². The van der Waals surface area contributed by atoms with Gasteiger partial charge in [-0.05, 0) is 38.8 Å². The molecule has 6 rings (SSSR count). The monoisotopic (exact) mass is 531 g/mol. The summed E-state index contributed by atoms with van der Waals surface area (Å²) in [6.45, 7) is 4.13. The number of nitrogens with zero attached hydrogens (tertiary/aromatic N) is 5. The summed E-state index contributed by atoms with van der Waals surface area (Å²) in [4.78, 5) is 21.8. The predicted molar refractivity (Wildman–Crippen MR) is 132 cm³/mol. The van der Waals surface area contributed by atoms with E-state index in [2.05, 4.69) is 10.1 Å². The molecule has 0 unspecified atom stereocenters. The number of aliphatic hydroxyl groups is 1. The molecule has 5 heterocycles. The number of ether oxygens (including phenoxy) is 1. The number of aryl methyl sites for hydroxylation is 2. The van der Waals surface area contributed by atoms with E-state index in [4.69, 9.17) is 16.3 Å². The van der Waals surface area contributed by atoms with E-state index >= 15 is 0 Å². The van der Waals surface area contributed by atoms with Crippen molar-refractivity contribution in [1.29, 1.82) is 0 Å². The van der Waals surface area contributed by atoms with Gasteiger partial charge in [0, 0.05) is 36.7 Å². The Labute approximate surface area is 217 Å². The Hall–Kier alpha value is -2.82. The molecule has 2 fully saturated rings. The molecule has 1 aromatic carbocycles. The Morgan fingerprint density at radius 1 is 1.24 bits per heavy atom. The molecule has 0 spiro atoms. The Bertz CT molecular complexity index is 1400. The zero-order valence-electron chi connectivity index (χ0n) is 20.6. The number of benzene rings is 1. The topological polar surface area (TPSA) is 83.2 Å². The number of aliphatic hydroxyl groups excluding tert-OH is 1. The van der Waals surface area contributed by atoms with Gasteiger partial charge in [0.2, 0.25) is 0 Å². The number of carbonyl (C=O) groups is 1. The van der Waals surface area contributed by atoms with Crippen molar-refractivity contribution in [1.82, 2.24) is 24.4 Å². The maximum absolute atomic E-state index is 14.3. The molecule has 2 bridgehead atoms. The van der Waals surface area contributed by atoms with Crippen LogP contribution in [-0.4, -0.2) is 72.9 Å². The SMILES string of the molecule is Cc1nc2c3c(nn2c(C)c1Cl)CN(C(=O)c1ccc(F)cc1O[C@H]1C[C@H]2C[C@H](O)[C@@H](C1)N2CCF)C3. The highest BCUT2D eigenvalue weighted by Gasteiger charge is 2.46. The minimum atomic E-state index is -0.544. The van der Waals surface area contributed by atoms with Gasteiger partial charge in [-0.1, -0.05) is 11.6 Å². The van der Waals surface area contributed by atoms with Crippen LogP contribution in [0, 0.1) is 19.7 Å². The van der Waals surface area contributed by atoms with Crippen LogP contribution in [0.25, 0.3) is 5.65 Å². The first kappa shape index (κ1) is 24.5. The van der Waals surface area contributed by atoms with E-state index in [1.165, 1.54) is 18.2 Å². The molecule has 4 atom stereocenters. The van der Waals surface area contributed by atoms with Crippen LogP contribution >= 0.6 is 11.6 Å². The number of hydrogen-bond donors (Lipinski definition) is 1. The molecule has 0 radical (unpaired) electrons. The third-order valence-corrected chi connectivity index (χ3v) is 8.49. The largest absolute Gasteiger partial charge is 0.489 e. The van der Waals surface area contributed by atoms with Gasteiger partial charge in [0.25, 0.3) is 5.91 Å². The number of alkyl halides is 1. The van der Waals surface area contributed by atoms with Crippen LogP contribution in [0.2, 0.25) is 5.02 Å². The summed E-state index contributed by atoms with van der Waals surface area (Å²) in [5.74, 6) is -0.608. The summed E-state index contributed by atoms with van der Waals surface area (Å²) >= 11 is 6.34. The number of halogens is 3. The molecule has 3 aromatic rings. The molecular weight excluding hydrogens is 504 g/mol. The van der Waals surface area contributed by atoms with E-state index in [0.29, 0.717) is 48.7 Å². The van der Waals surface area contributed by atoms with Crippen LogP contribution in [0.5, 0.6) is 5.75 Å². The molecule has 8 nitrogen and oxygen atoms in total. The van der Waals surface area contributed by atoms with Crippen molar-refractivity contribution in [2.45, 2.75) is 70.5 Å². The standard InChI is InChI=1S/C26H28ClF2N5O3/c1-13-24(27)14(2)34-25(30-13)19-11-32(12-20(19)31-34)26(36)18-4-3-15(29)7-23(18)37-17-8-16-9-22(35)21(10-17)33(16)6-5-28/h3-4,7,16-17,21-22,35H,5-6,8-12H2,1-2H3/t16-,17-,21+,22-/m0/s1. The minimum Gasteiger partial charge on any atom is -0.489 e. The number of amides is 1. The normalized spacial score (nSPS) is 25.2. The molecule has 11 heteroatoms. The summed E-state index contributed by atoms with van der Waals surface area (Å²) < 4.78 is 35.2. The zero-order chi connectivity index (χ0) is 26.0. The smallest absolute Gasteiger partial charge is 0.258 e. The number of carbonyl (C=O) groups excluding carboxylic acids is 1. The lowest BCUT2D eigenvalue weighted by atomic mass is 9.99.